The molecule has 0 radical (unpaired) electrons. The number of nitrogens with one attached hydrogen (secondary N) is 2. The lowest BCUT2D eigenvalue weighted by molar-refractivity contribution is 0.100. The summed E-state index contributed by atoms with van der Waals surface area (Å²) in [5.74, 6) is -0.506. The average Bonchev–Trinajstić information content (AvgIpc) is 3.11. The molecule has 0 aromatic heterocycles. The van der Waals surface area contributed by atoms with Crippen molar-refractivity contribution in [1.29, 1.82) is 0 Å². The normalized spacial score (nSPS) is 14.4. The zero-order valence-corrected chi connectivity index (χ0v) is 14.9. The predicted octanol–water partition coefficient (Wildman–Crippen LogP) is 2.95. The van der Waals surface area contributed by atoms with Crippen LogP contribution in [0.2, 0.25) is 0 Å². The molecule has 1 saturated heterocycles. The Hall–Kier alpha value is -2.08. The summed E-state index contributed by atoms with van der Waals surface area (Å²) in [6.07, 6.45) is 8.61. The first-order valence-corrected chi connectivity index (χ1v) is 9.32. The lowest BCUT2D eigenvalue weighted by Crippen LogP contribution is -2.29. The van der Waals surface area contributed by atoms with E-state index in [-0.39, 0.29) is 6.03 Å². The maximum Gasteiger partial charge on any atom is 0.319 e. The second-order valence-corrected chi connectivity index (χ2v) is 6.64. The zero-order chi connectivity index (χ0) is 17.9. The summed E-state index contributed by atoms with van der Waals surface area (Å²) in [6, 6.07) is 6.36. The van der Waals surface area contributed by atoms with Gasteiger partial charge in [0.1, 0.15) is 0 Å². The first-order valence-electron chi connectivity index (χ1n) is 9.32. The molecule has 2 rings (SSSR count). The Labute approximate surface area is 150 Å². The van der Waals surface area contributed by atoms with E-state index in [9.17, 15) is 9.59 Å². The van der Waals surface area contributed by atoms with Crippen molar-refractivity contribution < 1.29 is 9.59 Å². The number of rotatable bonds is 10. The van der Waals surface area contributed by atoms with Crippen LogP contribution in [0.25, 0.3) is 0 Å². The van der Waals surface area contributed by atoms with Gasteiger partial charge in [0, 0.05) is 17.8 Å². The Morgan fingerprint density at radius 1 is 1.04 bits per heavy atom. The molecule has 138 valence electrons. The number of hydrogen-bond donors (Lipinski definition) is 3. The number of primary amides is 1. The van der Waals surface area contributed by atoms with Crippen molar-refractivity contribution in [2.75, 3.05) is 31.5 Å². The molecule has 3 amide bonds. The average molecular weight is 346 g/mol. The zero-order valence-electron chi connectivity index (χ0n) is 14.9. The molecule has 1 aromatic rings. The van der Waals surface area contributed by atoms with Crippen LogP contribution >= 0.6 is 0 Å². The van der Waals surface area contributed by atoms with Gasteiger partial charge < -0.3 is 21.3 Å². The third-order valence-electron chi connectivity index (χ3n) is 4.54. The van der Waals surface area contributed by atoms with E-state index in [1.165, 1.54) is 51.7 Å². The standard InChI is InChI=1S/C19H30N4O2/c20-18(24)16-9-8-10-17(15-16)22-19(25)21-11-4-2-1-3-5-12-23-13-6-7-14-23/h8-10,15H,1-7,11-14H2,(H2,20,24)(H2,21,22,25). The third kappa shape index (κ3) is 7.56. The number of hydrogen-bond acceptors (Lipinski definition) is 3. The van der Waals surface area contributed by atoms with Crippen LogP contribution in [0.1, 0.15) is 55.3 Å². The summed E-state index contributed by atoms with van der Waals surface area (Å²) in [5.41, 5.74) is 6.17. The van der Waals surface area contributed by atoms with E-state index in [0.717, 1.165) is 12.8 Å². The highest BCUT2D eigenvalue weighted by atomic mass is 16.2. The van der Waals surface area contributed by atoms with Gasteiger partial charge in [-0.2, -0.15) is 0 Å². The molecule has 4 N–H and O–H groups in total. The number of carbonyl (C=O) groups is 2. The summed E-state index contributed by atoms with van der Waals surface area (Å²) in [5, 5.41) is 5.56. The second kappa shape index (κ2) is 10.7. The van der Waals surface area contributed by atoms with Gasteiger partial charge in [-0.05, 0) is 63.5 Å². The summed E-state index contributed by atoms with van der Waals surface area (Å²) in [7, 11) is 0. The SMILES string of the molecule is NC(=O)c1cccc(NC(=O)NCCCCCCCN2CCCC2)c1. The van der Waals surface area contributed by atoms with E-state index in [2.05, 4.69) is 15.5 Å². The van der Waals surface area contributed by atoms with E-state index in [1.807, 2.05) is 0 Å². The molecule has 1 aliphatic rings. The maximum absolute atomic E-state index is 11.8. The Kier molecular flexibility index (Phi) is 8.25. The maximum atomic E-state index is 11.8. The highest BCUT2D eigenvalue weighted by Gasteiger charge is 2.10. The van der Waals surface area contributed by atoms with Gasteiger partial charge in [-0.3, -0.25) is 4.79 Å². The van der Waals surface area contributed by atoms with E-state index < -0.39 is 5.91 Å². The summed E-state index contributed by atoms with van der Waals surface area (Å²) in [6.45, 7) is 4.46. The van der Waals surface area contributed by atoms with E-state index in [4.69, 9.17) is 5.73 Å². The molecule has 0 bridgehead atoms. The van der Waals surface area contributed by atoms with Crippen molar-refractivity contribution in [3.63, 3.8) is 0 Å². The van der Waals surface area contributed by atoms with Gasteiger partial charge >= 0.3 is 6.03 Å². The number of urea groups is 1. The Morgan fingerprint density at radius 2 is 1.76 bits per heavy atom. The highest BCUT2D eigenvalue weighted by molar-refractivity contribution is 5.95. The molecule has 0 aliphatic carbocycles. The van der Waals surface area contributed by atoms with Crippen molar-refractivity contribution in [1.82, 2.24) is 10.2 Å². The molecule has 1 aromatic carbocycles. The summed E-state index contributed by atoms with van der Waals surface area (Å²) in [4.78, 5) is 25.5. The molecule has 0 unspecified atom stereocenters. The molecule has 1 fully saturated rings. The van der Waals surface area contributed by atoms with E-state index in [1.54, 1.807) is 24.3 Å². The van der Waals surface area contributed by atoms with Crippen LogP contribution in [0.3, 0.4) is 0 Å². The first-order chi connectivity index (χ1) is 12.1. The number of carbonyl (C=O) groups excluding carboxylic acids is 2. The number of anilines is 1. The summed E-state index contributed by atoms with van der Waals surface area (Å²) < 4.78 is 0. The molecule has 6 heteroatoms. The molecule has 1 heterocycles. The predicted molar refractivity (Wildman–Crippen MR) is 101 cm³/mol. The largest absolute Gasteiger partial charge is 0.366 e. The van der Waals surface area contributed by atoms with Gasteiger partial charge in [-0.15, -0.1) is 0 Å². The van der Waals surface area contributed by atoms with Crippen LogP contribution in [0, 0.1) is 0 Å². The van der Waals surface area contributed by atoms with Gasteiger partial charge in [-0.1, -0.05) is 25.3 Å². The number of nitrogens with zero attached hydrogens (tertiary/aromatic N) is 1. The molecular formula is C19H30N4O2. The fourth-order valence-electron chi connectivity index (χ4n) is 3.12. The Balaban J connectivity index is 1.49. The van der Waals surface area contributed by atoms with Crippen LogP contribution in [-0.4, -0.2) is 43.0 Å². The van der Waals surface area contributed by atoms with Crippen LogP contribution < -0.4 is 16.4 Å². The van der Waals surface area contributed by atoms with Gasteiger partial charge in [0.25, 0.3) is 0 Å². The number of nitrogens with two attached hydrogens (primary N) is 1. The molecule has 0 spiro atoms. The number of amides is 3. The minimum Gasteiger partial charge on any atom is -0.366 e. The van der Waals surface area contributed by atoms with Crippen LogP contribution in [0.5, 0.6) is 0 Å². The van der Waals surface area contributed by atoms with Crippen LogP contribution in [-0.2, 0) is 0 Å². The van der Waals surface area contributed by atoms with E-state index >= 15 is 0 Å². The second-order valence-electron chi connectivity index (χ2n) is 6.64. The van der Waals surface area contributed by atoms with Crippen molar-refractivity contribution in [2.45, 2.75) is 44.9 Å². The number of unbranched alkanes of at least 4 members (excludes halogenated alkanes) is 4. The fourth-order valence-corrected chi connectivity index (χ4v) is 3.12. The van der Waals surface area contributed by atoms with E-state index in [0.29, 0.717) is 17.8 Å². The Morgan fingerprint density at radius 3 is 2.52 bits per heavy atom. The molecular weight excluding hydrogens is 316 g/mol. The number of benzene rings is 1. The van der Waals surface area contributed by atoms with Crippen LogP contribution in [0.4, 0.5) is 10.5 Å². The molecule has 1 aliphatic heterocycles. The third-order valence-corrected chi connectivity index (χ3v) is 4.54. The molecule has 6 nitrogen and oxygen atoms in total. The first kappa shape index (κ1) is 19.2. The van der Waals surface area contributed by atoms with Crippen molar-refractivity contribution in [2.24, 2.45) is 5.73 Å². The minimum atomic E-state index is -0.506. The quantitative estimate of drug-likeness (QED) is 0.569. The molecule has 0 saturated carbocycles. The fraction of sp³-hybridized carbons (Fsp3) is 0.579. The van der Waals surface area contributed by atoms with Gasteiger partial charge in [0.15, 0.2) is 0 Å². The minimum absolute atomic E-state index is 0.254. The summed E-state index contributed by atoms with van der Waals surface area (Å²) >= 11 is 0. The van der Waals surface area contributed by atoms with Gasteiger partial charge in [0.2, 0.25) is 5.91 Å². The Bertz CT molecular complexity index is 556. The number of likely N-dealkylation sites (tertiary alicyclic amines) is 1. The highest BCUT2D eigenvalue weighted by Crippen LogP contribution is 2.11. The smallest absolute Gasteiger partial charge is 0.319 e. The van der Waals surface area contributed by atoms with Crippen molar-refractivity contribution in [3.8, 4) is 0 Å². The molecule has 25 heavy (non-hydrogen) atoms. The van der Waals surface area contributed by atoms with Gasteiger partial charge in [-0.25, -0.2) is 4.79 Å². The van der Waals surface area contributed by atoms with Crippen molar-refractivity contribution >= 4 is 17.6 Å². The van der Waals surface area contributed by atoms with Gasteiger partial charge in [0.05, 0.1) is 0 Å². The lowest BCUT2D eigenvalue weighted by atomic mass is 10.1. The lowest BCUT2D eigenvalue weighted by Gasteiger charge is -2.13. The topological polar surface area (TPSA) is 87.5 Å². The monoisotopic (exact) mass is 346 g/mol. The van der Waals surface area contributed by atoms with Crippen molar-refractivity contribution in [3.05, 3.63) is 29.8 Å². The van der Waals surface area contributed by atoms with Crippen LogP contribution in [0.15, 0.2) is 24.3 Å². The molecule has 0 atom stereocenters.